The normalized spacial score (nSPS) is 11.2. The molecule has 36 heavy (non-hydrogen) atoms. The van der Waals surface area contributed by atoms with Gasteiger partial charge in [0.25, 0.3) is 5.91 Å². The Morgan fingerprint density at radius 3 is 2.72 bits per heavy atom. The van der Waals surface area contributed by atoms with Crippen LogP contribution >= 0.6 is 11.3 Å². The van der Waals surface area contributed by atoms with Gasteiger partial charge >= 0.3 is 0 Å². The van der Waals surface area contributed by atoms with Crippen molar-refractivity contribution in [3.63, 3.8) is 0 Å². The molecule has 7 nitrogen and oxygen atoms in total. The van der Waals surface area contributed by atoms with Gasteiger partial charge in [0.2, 0.25) is 5.13 Å². The lowest BCUT2D eigenvalue weighted by atomic mass is 10.1. The minimum Gasteiger partial charge on any atom is -0.497 e. The maximum absolute atomic E-state index is 13.1. The van der Waals surface area contributed by atoms with Crippen molar-refractivity contribution in [1.82, 2.24) is 25.1 Å². The summed E-state index contributed by atoms with van der Waals surface area (Å²) in [5, 5.41) is 9.51. The fourth-order valence-electron chi connectivity index (χ4n) is 4.30. The van der Waals surface area contributed by atoms with Crippen molar-refractivity contribution in [2.75, 3.05) is 13.7 Å². The van der Waals surface area contributed by atoms with Gasteiger partial charge in [0.15, 0.2) is 5.69 Å². The standard InChI is InChI=1S/C28H23N5O2S/c1-35-20-11-12-22-21(15-20)19(17-30-22)13-14-29-27(34)24-16-25(18-7-3-2-4-8-18)33(32-24)28-31-23-9-5-6-10-26(23)36-28/h2-12,15-17,30H,13-14H2,1H3,(H,29,34). The highest BCUT2D eigenvalue weighted by atomic mass is 32.1. The Morgan fingerprint density at radius 2 is 1.89 bits per heavy atom. The number of H-pyrrole nitrogens is 1. The Labute approximate surface area is 211 Å². The summed E-state index contributed by atoms with van der Waals surface area (Å²) < 4.78 is 8.19. The number of para-hydroxylation sites is 1. The van der Waals surface area contributed by atoms with Crippen LogP contribution in [0.2, 0.25) is 0 Å². The molecule has 0 saturated carbocycles. The highest BCUT2D eigenvalue weighted by Gasteiger charge is 2.19. The summed E-state index contributed by atoms with van der Waals surface area (Å²) in [6.07, 6.45) is 2.66. The third-order valence-electron chi connectivity index (χ3n) is 6.13. The van der Waals surface area contributed by atoms with Gasteiger partial charge in [0.05, 0.1) is 23.0 Å². The maximum atomic E-state index is 13.1. The van der Waals surface area contributed by atoms with E-state index in [1.54, 1.807) is 23.1 Å². The minimum absolute atomic E-state index is 0.218. The first kappa shape index (κ1) is 22.1. The highest BCUT2D eigenvalue weighted by Crippen LogP contribution is 2.29. The predicted molar refractivity (Wildman–Crippen MR) is 143 cm³/mol. The second-order valence-electron chi connectivity index (χ2n) is 8.39. The third kappa shape index (κ3) is 4.12. The zero-order chi connectivity index (χ0) is 24.5. The van der Waals surface area contributed by atoms with Gasteiger partial charge in [-0.3, -0.25) is 4.79 Å². The quantitative estimate of drug-likeness (QED) is 0.303. The number of ether oxygens (including phenoxy) is 1. The number of nitrogens with one attached hydrogen (secondary N) is 2. The number of benzene rings is 3. The second kappa shape index (κ2) is 9.31. The minimum atomic E-state index is -0.218. The van der Waals surface area contributed by atoms with Crippen LogP contribution in [0.15, 0.2) is 85.1 Å². The molecule has 0 fully saturated rings. The first-order valence-electron chi connectivity index (χ1n) is 11.6. The molecule has 1 amide bonds. The molecule has 0 aliphatic heterocycles. The number of hydrogen-bond acceptors (Lipinski definition) is 5. The van der Waals surface area contributed by atoms with E-state index >= 15 is 0 Å². The van der Waals surface area contributed by atoms with Crippen LogP contribution in [-0.2, 0) is 6.42 Å². The lowest BCUT2D eigenvalue weighted by Crippen LogP contribution is -2.26. The smallest absolute Gasteiger partial charge is 0.271 e. The summed E-state index contributed by atoms with van der Waals surface area (Å²) in [4.78, 5) is 21.1. The average molecular weight is 494 g/mol. The Kier molecular flexibility index (Phi) is 5.71. The van der Waals surface area contributed by atoms with Gasteiger partial charge in [0.1, 0.15) is 5.75 Å². The number of methoxy groups -OCH3 is 1. The van der Waals surface area contributed by atoms with Crippen LogP contribution in [0.1, 0.15) is 16.1 Å². The molecule has 6 rings (SSSR count). The van der Waals surface area contributed by atoms with Gasteiger partial charge < -0.3 is 15.0 Å². The molecule has 8 heteroatoms. The summed E-state index contributed by atoms with van der Waals surface area (Å²) >= 11 is 1.55. The van der Waals surface area contributed by atoms with Gasteiger partial charge in [-0.15, -0.1) is 0 Å². The van der Waals surface area contributed by atoms with E-state index in [-0.39, 0.29) is 5.91 Å². The second-order valence-corrected chi connectivity index (χ2v) is 9.40. The Hall–Kier alpha value is -4.43. The number of hydrogen-bond donors (Lipinski definition) is 2. The predicted octanol–water partition coefficient (Wildman–Crippen LogP) is 5.61. The van der Waals surface area contributed by atoms with E-state index in [1.807, 2.05) is 85.1 Å². The number of amides is 1. The van der Waals surface area contributed by atoms with Crippen molar-refractivity contribution in [2.45, 2.75) is 6.42 Å². The molecule has 3 aromatic heterocycles. The number of aromatic nitrogens is 4. The Balaban J connectivity index is 1.26. The first-order valence-corrected chi connectivity index (χ1v) is 12.4. The van der Waals surface area contributed by atoms with Crippen molar-refractivity contribution in [3.05, 3.63) is 96.3 Å². The Morgan fingerprint density at radius 1 is 1.06 bits per heavy atom. The number of carbonyl (C=O) groups is 1. The molecular formula is C28H23N5O2S. The van der Waals surface area contributed by atoms with Crippen molar-refractivity contribution in [3.8, 4) is 22.1 Å². The summed E-state index contributed by atoms with van der Waals surface area (Å²) in [5.74, 6) is 0.589. The molecule has 0 aliphatic carbocycles. The number of nitrogens with zero attached hydrogens (tertiary/aromatic N) is 3. The molecule has 0 spiro atoms. The number of aromatic amines is 1. The third-order valence-corrected chi connectivity index (χ3v) is 7.14. The number of fused-ring (bicyclic) bond motifs is 2. The van der Waals surface area contributed by atoms with E-state index in [2.05, 4.69) is 15.4 Å². The van der Waals surface area contributed by atoms with Gasteiger partial charge in [-0.25, -0.2) is 9.67 Å². The summed E-state index contributed by atoms with van der Waals surface area (Å²) in [6, 6.07) is 25.7. The van der Waals surface area contributed by atoms with Crippen LogP contribution in [0.3, 0.4) is 0 Å². The first-order chi connectivity index (χ1) is 17.7. The highest BCUT2D eigenvalue weighted by molar-refractivity contribution is 7.20. The molecule has 0 atom stereocenters. The van der Waals surface area contributed by atoms with Crippen molar-refractivity contribution in [1.29, 1.82) is 0 Å². The van der Waals surface area contributed by atoms with Crippen LogP contribution < -0.4 is 10.1 Å². The molecule has 0 aliphatic rings. The molecule has 3 aromatic carbocycles. The molecule has 3 heterocycles. The van der Waals surface area contributed by atoms with Crippen molar-refractivity contribution < 1.29 is 9.53 Å². The van der Waals surface area contributed by atoms with Crippen molar-refractivity contribution >= 4 is 38.4 Å². The van der Waals surface area contributed by atoms with Crippen molar-refractivity contribution in [2.24, 2.45) is 0 Å². The van der Waals surface area contributed by atoms with Crippen LogP contribution in [0.25, 0.3) is 37.5 Å². The Bertz CT molecular complexity index is 1650. The molecule has 2 N–H and O–H groups in total. The van der Waals surface area contributed by atoms with E-state index in [1.165, 1.54) is 0 Å². The van der Waals surface area contributed by atoms with E-state index < -0.39 is 0 Å². The van der Waals surface area contributed by atoms with Gasteiger partial charge in [-0.2, -0.15) is 5.10 Å². The molecule has 0 saturated heterocycles. The zero-order valence-electron chi connectivity index (χ0n) is 19.6. The SMILES string of the molecule is COc1ccc2[nH]cc(CCNC(=O)c3cc(-c4ccccc4)n(-c4nc5ccccc5s4)n3)c2c1. The molecule has 6 aromatic rings. The zero-order valence-corrected chi connectivity index (χ0v) is 20.4. The summed E-state index contributed by atoms with van der Waals surface area (Å²) in [6.45, 7) is 0.484. The number of carbonyl (C=O) groups excluding carboxylic acids is 1. The van der Waals surface area contributed by atoms with E-state index in [0.29, 0.717) is 18.7 Å². The van der Waals surface area contributed by atoms with E-state index in [9.17, 15) is 4.79 Å². The molecule has 0 unspecified atom stereocenters. The molecule has 178 valence electrons. The average Bonchev–Trinajstić information content (AvgIpc) is 3.65. The van der Waals surface area contributed by atoms with Gasteiger partial charge in [-0.1, -0.05) is 53.8 Å². The summed E-state index contributed by atoms with van der Waals surface area (Å²) in [7, 11) is 1.66. The van der Waals surface area contributed by atoms with Crippen LogP contribution in [0.5, 0.6) is 5.75 Å². The fourth-order valence-corrected chi connectivity index (χ4v) is 5.23. The summed E-state index contributed by atoms with van der Waals surface area (Å²) in [5.41, 5.74) is 5.22. The number of rotatable bonds is 7. The van der Waals surface area contributed by atoms with E-state index in [0.717, 1.165) is 48.8 Å². The molecule has 0 radical (unpaired) electrons. The number of thiazole rings is 1. The maximum Gasteiger partial charge on any atom is 0.271 e. The lowest BCUT2D eigenvalue weighted by molar-refractivity contribution is 0.0948. The molecule has 0 bridgehead atoms. The monoisotopic (exact) mass is 493 g/mol. The lowest BCUT2D eigenvalue weighted by Gasteiger charge is -2.04. The van der Waals surface area contributed by atoms with E-state index in [4.69, 9.17) is 9.72 Å². The van der Waals surface area contributed by atoms with Gasteiger partial charge in [0, 0.05) is 29.2 Å². The topological polar surface area (TPSA) is 84.8 Å². The van der Waals surface area contributed by atoms with Crippen LogP contribution in [0.4, 0.5) is 0 Å². The fraction of sp³-hybridized carbons (Fsp3) is 0.107. The largest absolute Gasteiger partial charge is 0.497 e. The molecular weight excluding hydrogens is 470 g/mol. The van der Waals surface area contributed by atoms with Crippen LogP contribution in [0, 0.1) is 0 Å². The van der Waals surface area contributed by atoms with Crippen LogP contribution in [-0.4, -0.2) is 39.3 Å². The van der Waals surface area contributed by atoms with Gasteiger partial charge in [-0.05, 0) is 48.4 Å².